The van der Waals surface area contributed by atoms with Crippen LogP contribution in [-0.4, -0.2) is 24.6 Å². The van der Waals surface area contributed by atoms with Crippen LogP contribution in [0.4, 0.5) is 5.82 Å². The molecule has 6 heteroatoms. The molecule has 104 valence electrons. The van der Waals surface area contributed by atoms with E-state index in [-0.39, 0.29) is 24.8 Å². The van der Waals surface area contributed by atoms with Gasteiger partial charge in [0.2, 0.25) is 0 Å². The first-order chi connectivity index (χ1) is 7.59. The Balaban J connectivity index is 0.00000144. The third-order valence-corrected chi connectivity index (χ3v) is 3.37. The second-order valence-electron chi connectivity index (χ2n) is 4.53. The van der Waals surface area contributed by atoms with E-state index in [2.05, 4.69) is 29.0 Å². The van der Waals surface area contributed by atoms with Crippen LogP contribution in [0.2, 0.25) is 5.02 Å². The van der Waals surface area contributed by atoms with Gasteiger partial charge in [-0.15, -0.1) is 24.8 Å². The number of aromatic nitrogens is 1. The van der Waals surface area contributed by atoms with Crippen molar-refractivity contribution in [2.45, 2.75) is 32.9 Å². The van der Waals surface area contributed by atoms with Gasteiger partial charge >= 0.3 is 0 Å². The van der Waals surface area contributed by atoms with Crippen LogP contribution in [-0.2, 0) is 13.0 Å². The van der Waals surface area contributed by atoms with E-state index < -0.39 is 0 Å². The van der Waals surface area contributed by atoms with Crippen LogP contribution in [0.25, 0.3) is 0 Å². The average molecular weight is 313 g/mol. The Morgan fingerprint density at radius 2 is 2.06 bits per heavy atom. The first-order valence-corrected chi connectivity index (χ1v) is 6.09. The summed E-state index contributed by atoms with van der Waals surface area (Å²) in [5, 5.41) is 4.08. The molecule has 0 aromatic carbocycles. The molecule has 0 unspecified atom stereocenters. The molecule has 0 radical (unpaired) electrons. The Morgan fingerprint density at radius 3 is 2.67 bits per heavy atom. The molecule has 0 atom stereocenters. The molecule has 2 heterocycles. The fourth-order valence-electron chi connectivity index (χ4n) is 1.85. The van der Waals surface area contributed by atoms with Crippen LogP contribution in [0.15, 0.2) is 6.07 Å². The summed E-state index contributed by atoms with van der Waals surface area (Å²) in [6.45, 7) is 6.16. The molecule has 1 aliphatic rings. The minimum absolute atomic E-state index is 0. The third kappa shape index (κ3) is 3.64. The van der Waals surface area contributed by atoms with Gasteiger partial charge in [-0.05, 0) is 25.5 Å². The molecular formula is C12H20Cl3N3. The fourth-order valence-corrected chi connectivity index (χ4v) is 2.15. The van der Waals surface area contributed by atoms with Gasteiger partial charge in [-0.3, -0.25) is 0 Å². The number of fused-ring (bicyclic) bond motifs is 1. The molecule has 0 spiro atoms. The monoisotopic (exact) mass is 311 g/mol. The minimum atomic E-state index is 0. The molecule has 18 heavy (non-hydrogen) atoms. The average Bonchev–Trinajstić information content (AvgIpc) is 2.27. The van der Waals surface area contributed by atoms with E-state index in [1.54, 1.807) is 0 Å². The SMILES string of the molecule is CC(C)N(C)c1nc2c(cc1Cl)CNCC2.Cl.Cl. The van der Waals surface area contributed by atoms with E-state index in [1.807, 2.05) is 13.1 Å². The number of halogens is 3. The van der Waals surface area contributed by atoms with Crippen LogP contribution in [0, 0.1) is 0 Å². The predicted octanol–water partition coefficient (Wildman–Crippen LogP) is 3.07. The molecule has 0 aliphatic carbocycles. The van der Waals surface area contributed by atoms with Gasteiger partial charge in [0.1, 0.15) is 5.82 Å². The fraction of sp³-hybridized carbons (Fsp3) is 0.583. The number of nitrogens with zero attached hydrogens (tertiary/aromatic N) is 2. The number of nitrogens with one attached hydrogen (secondary N) is 1. The topological polar surface area (TPSA) is 28.2 Å². The van der Waals surface area contributed by atoms with E-state index in [4.69, 9.17) is 11.6 Å². The second kappa shape index (κ2) is 7.39. The maximum absolute atomic E-state index is 6.27. The van der Waals surface area contributed by atoms with E-state index in [0.717, 1.165) is 30.4 Å². The lowest BCUT2D eigenvalue weighted by atomic mass is 10.1. The van der Waals surface area contributed by atoms with E-state index >= 15 is 0 Å². The zero-order valence-electron chi connectivity index (χ0n) is 10.9. The number of anilines is 1. The predicted molar refractivity (Wildman–Crippen MR) is 82.7 cm³/mol. The van der Waals surface area contributed by atoms with Crippen molar-refractivity contribution in [3.63, 3.8) is 0 Å². The van der Waals surface area contributed by atoms with Gasteiger partial charge in [0.15, 0.2) is 0 Å². The molecule has 1 aliphatic heterocycles. The van der Waals surface area contributed by atoms with Gasteiger partial charge in [-0.1, -0.05) is 11.6 Å². The number of hydrogen-bond acceptors (Lipinski definition) is 3. The van der Waals surface area contributed by atoms with Gasteiger partial charge in [-0.2, -0.15) is 0 Å². The van der Waals surface area contributed by atoms with E-state index in [1.165, 1.54) is 11.3 Å². The lowest BCUT2D eigenvalue weighted by molar-refractivity contribution is 0.627. The second-order valence-corrected chi connectivity index (χ2v) is 4.94. The Morgan fingerprint density at radius 1 is 1.39 bits per heavy atom. The normalized spacial score (nSPS) is 13.4. The van der Waals surface area contributed by atoms with Gasteiger partial charge in [0.25, 0.3) is 0 Å². The summed E-state index contributed by atoms with van der Waals surface area (Å²) < 4.78 is 0. The van der Waals surface area contributed by atoms with Gasteiger partial charge in [0, 0.05) is 38.3 Å². The summed E-state index contributed by atoms with van der Waals surface area (Å²) in [4.78, 5) is 6.80. The Bertz CT molecular complexity index is 396. The van der Waals surface area contributed by atoms with Crippen LogP contribution < -0.4 is 10.2 Å². The van der Waals surface area contributed by atoms with Crippen molar-refractivity contribution in [1.82, 2.24) is 10.3 Å². The maximum Gasteiger partial charge on any atom is 0.147 e. The quantitative estimate of drug-likeness (QED) is 0.909. The molecule has 1 aromatic rings. The molecule has 1 N–H and O–H groups in total. The first-order valence-electron chi connectivity index (χ1n) is 5.71. The molecule has 2 rings (SSSR count). The Kier molecular flexibility index (Phi) is 7.30. The van der Waals surface area contributed by atoms with Crippen molar-refractivity contribution in [1.29, 1.82) is 0 Å². The highest BCUT2D eigenvalue weighted by Gasteiger charge is 2.17. The lowest BCUT2D eigenvalue weighted by Crippen LogP contribution is -2.29. The zero-order chi connectivity index (χ0) is 11.7. The number of rotatable bonds is 2. The van der Waals surface area contributed by atoms with Crippen LogP contribution in [0.3, 0.4) is 0 Å². The molecule has 3 nitrogen and oxygen atoms in total. The molecule has 0 saturated heterocycles. The van der Waals surface area contributed by atoms with Crippen molar-refractivity contribution in [2.24, 2.45) is 0 Å². The van der Waals surface area contributed by atoms with Crippen molar-refractivity contribution in [3.8, 4) is 0 Å². The smallest absolute Gasteiger partial charge is 0.147 e. The molecule has 0 amide bonds. The highest BCUT2D eigenvalue weighted by molar-refractivity contribution is 6.33. The number of hydrogen-bond donors (Lipinski definition) is 1. The Hall–Kier alpha value is -0.220. The summed E-state index contributed by atoms with van der Waals surface area (Å²) in [5.74, 6) is 0.900. The highest BCUT2D eigenvalue weighted by atomic mass is 35.5. The highest BCUT2D eigenvalue weighted by Crippen LogP contribution is 2.27. The zero-order valence-corrected chi connectivity index (χ0v) is 13.3. The Labute approximate surface area is 126 Å². The molecule has 0 saturated carbocycles. The van der Waals surface area contributed by atoms with Crippen LogP contribution >= 0.6 is 36.4 Å². The van der Waals surface area contributed by atoms with Gasteiger partial charge in [0.05, 0.1) is 5.02 Å². The summed E-state index contributed by atoms with van der Waals surface area (Å²) in [7, 11) is 2.03. The van der Waals surface area contributed by atoms with Crippen LogP contribution in [0.5, 0.6) is 0 Å². The summed E-state index contributed by atoms with van der Waals surface area (Å²) >= 11 is 6.27. The van der Waals surface area contributed by atoms with E-state index in [9.17, 15) is 0 Å². The maximum atomic E-state index is 6.27. The summed E-state index contributed by atoms with van der Waals surface area (Å²) in [6, 6.07) is 2.45. The third-order valence-electron chi connectivity index (χ3n) is 3.09. The minimum Gasteiger partial charge on any atom is -0.356 e. The van der Waals surface area contributed by atoms with Crippen molar-refractivity contribution in [2.75, 3.05) is 18.5 Å². The molecule has 0 fully saturated rings. The van der Waals surface area contributed by atoms with E-state index in [0.29, 0.717) is 6.04 Å². The summed E-state index contributed by atoms with van der Waals surface area (Å²) in [5.41, 5.74) is 2.42. The standard InChI is InChI=1S/C12H18ClN3.2ClH/c1-8(2)16(3)12-10(13)6-9-7-14-5-4-11(9)15-12;;/h6,8,14H,4-5,7H2,1-3H3;2*1H. The molecule has 1 aromatic heterocycles. The van der Waals surface area contributed by atoms with Crippen LogP contribution in [0.1, 0.15) is 25.1 Å². The molecule has 0 bridgehead atoms. The lowest BCUT2D eigenvalue weighted by Gasteiger charge is -2.26. The van der Waals surface area contributed by atoms with Crippen molar-refractivity contribution >= 4 is 42.2 Å². The van der Waals surface area contributed by atoms with Gasteiger partial charge in [-0.25, -0.2) is 4.98 Å². The first kappa shape index (κ1) is 17.8. The van der Waals surface area contributed by atoms with Crippen molar-refractivity contribution < 1.29 is 0 Å². The van der Waals surface area contributed by atoms with Gasteiger partial charge < -0.3 is 10.2 Å². The number of pyridine rings is 1. The summed E-state index contributed by atoms with van der Waals surface area (Å²) in [6.07, 6.45) is 0.992. The van der Waals surface area contributed by atoms with Crippen molar-refractivity contribution in [3.05, 3.63) is 22.3 Å². The largest absolute Gasteiger partial charge is 0.356 e. The molecular weight excluding hydrogens is 293 g/mol.